The zero-order chi connectivity index (χ0) is 5.11. The molecule has 1 aliphatic heterocycles. The molecule has 4 heteroatoms. The lowest BCUT2D eigenvalue weighted by atomic mass is 11.1. The smallest absolute Gasteiger partial charge is 0.192 e. The van der Waals surface area contributed by atoms with Crippen LogP contribution < -0.4 is 5.48 Å². The predicted octanol–water partition coefficient (Wildman–Crippen LogP) is -0.301. The zero-order valence-corrected chi connectivity index (χ0v) is 4.40. The van der Waals surface area contributed by atoms with Gasteiger partial charge >= 0.3 is 0 Å². The Hall–Kier alpha value is -0.190. The molecule has 0 saturated heterocycles. The standard InChI is InChI=1S/C3H5NO2S/c5-7-2-1-6-4-3-7/h1-2,4H,3H2. The van der Waals surface area contributed by atoms with E-state index in [1.165, 1.54) is 11.7 Å². The fourth-order valence-corrected chi connectivity index (χ4v) is 0.738. The summed E-state index contributed by atoms with van der Waals surface area (Å²) in [6.45, 7) is 0. The average molecular weight is 119 g/mol. The van der Waals surface area contributed by atoms with Crippen LogP contribution >= 0.6 is 0 Å². The van der Waals surface area contributed by atoms with Gasteiger partial charge in [0.05, 0.1) is 0 Å². The normalized spacial score (nSPS) is 29.6. The van der Waals surface area contributed by atoms with Crippen molar-refractivity contribution in [3.63, 3.8) is 0 Å². The number of hydroxylamine groups is 1. The van der Waals surface area contributed by atoms with Gasteiger partial charge in [0.15, 0.2) is 17.5 Å². The molecular formula is C3H5NO2S. The predicted molar refractivity (Wildman–Crippen MR) is 26.4 cm³/mol. The van der Waals surface area contributed by atoms with Crippen molar-refractivity contribution in [2.45, 2.75) is 0 Å². The van der Waals surface area contributed by atoms with Gasteiger partial charge in [0.2, 0.25) is 0 Å². The van der Waals surface area contributed by atoms with Crippen molar-refractivity contribution in [2.24, 2.45) is 0 Å². The van der Waals surface area contributed by atoms with E-state index in [9.17, 15) is 4.55 Å². The number of rotatable bonds is 0. The van der Waals surface area contributed by atoms with Crippen molar-refractivity contribution in [2.75, 3.05) is 5.88 Å². The lowest BCUT2D eigenvalue weighted by Gasteiger charge is -2.09. The summed E-state index contributed by atoms with van der Waals surface area (Å²) < 4.78 is 10.3. The lowest BCUT2D eigenvalue weighted by molar-refractivity contribution is 0.147. The molecule has 0 aromatic heterocycles. The summed E-state index contributed by atoms with van der Waals surface area (Å²) in [7, 11) is 0. The Labute approximate surface area is 44.5 Å². The van der Waals surface area contributed by atoms with Gasteiger partial charge in [-0.25, -0.2) is 0 Å². The van der Waals surface area contributed by atoms with E-state index in [4.69, 9.17) is 0 Å². The second-order valence-electron chi connectivity index (χ2n) is 1.06. The molecule has 0 saturated carbocycles. The van der Waals surface area contributed by atoms with Crippen LogP contribution in [0.5, 0.6) is 0 Å². The molecule has 0 radical (unpaired) electrons. The Bertz CT molecular complexity index is 85.0. The molecule has 1 N–H and O–H groups in total. The van der Waals surface area contributed by atoms with E-state index >= 15 is 0 Å². The second kappa shape index (κ2) is 2.20. The Balaban J connectivity index is 2.36. The highest BCUT2D eigenvalue weighted by molar-refractivity contribution is 7.94. The van der Waals surface area contributed by atoms with Crippen molar-refractivity contribution in [3.05, 3.63) is 11.7 Å². The van der Waals surface area contributed by atoms with Crippen LogP contribution in [0, 0.1) is 0 Å². The first-order valence-electron chi connectivity index (χ1n) is 1.82. The first-order chi connectivity index (χ1) is 3.39. The summed E-state index contributed by atoms with van der Waals surface area (Å²) in [6.07, 6.45) is 1.37. The third-order valence-corrected chi connectivity index (χ3v) is 1.38. The molecule has 0 amide bonds. The molecule has 1 aliphatic rings. The summed E-state index contributed by atoms with van der Waals surface area (Å²) >= 11 is -0.857. The van der Waals surface area contributed by atoms with E-state index in [0.29, 0.717) is 5.88 Å². The molecule has 3 nitrogen and oxygen atoms in total. The molecule has 1 rings (SSSR count). The fraction of sp³-hybridized carbons (Fsp3) is 0.333. The average Bonchev–Trinajstić information content (AvgIpc) is 1.69. The van der Waals surface area contributed by atoms with Crippen LogP contribution in [-0.2, 0) is 16.0 Å². The minimum atomic E-state index is -0.857. The summed E-state index contributed by atoms with van der Waals surface area (Å²) in [5.74, 6) is 0.399. The Kier molecular flexibility index (Phi) is 1.56. The molecule has 0 bridgehead atoms. The van der Waals surface area contributed by atoms with Gasteiger partial charge in [-0.05, 0) is 11.2 Å². The molecule has 0 aromatic rings. The van der Waals surface area contributed by atoms with Crippen molar-refractivity contribution in [3.8, 4) is 0 Å². The van der Waals surface area contributed by atoms with Gasteiger partial charge in [-0.3, -0.25) is 0 Å². The first kappa shape index (κ1) is 4.96. The number of hydrogen-bond acceptors (Lipinski definition) is 3. The maximum absolute atomic E-state index is 10.3. The minimum absolute atomic E-state index is 0.399. The molecule has 0 fully saturated rings. The number of nitrogens with one attached hydrogen (secondary N) is 1. The largest absolute Gasteiger partial charge is 0.611 e. The molecule has 0 spiro atoms. The van der Waals surface area contributed by atoms with Gasteiger partial charge in [-0.2, -0.15) is 0 Å². The van der Waals surface area contributed by atoms with Gasteiger partial charge in [0.25, 0.3) is 0 Å². The van der Waals surface area contributed by atoms with Crippen molar-refractivity contribution in [1.29, 1.82) is 0 Å². The highest BCUT2D eigenvalue weighted by atomic mass is 32.2. The number of hydrogen-bond donors (Lipinski definition) is 1. The van der Waals surface area contributed by atoms with Crippen molar-refractivity contribution < 1.29 is 9.39 Å². The maximum atomic E-state index is 10.3. The summed E-state index contributed by atoms with van der Waals surface area (Å²) in [6, 6.07) is 0. The Morgan fingerprint density at radius 3 is 3.00 bits per heavy atom. The molecular weight excluding hydrogens is 114 g/mol. The molecule has 0 aliphatic carbocycles. The maximum Gasteiger partial charge on any atom is 0.192 e. The lowest BCUT2D eigenvalue weighted by Crippen LogP contribution is -2.23. The molecule has 1 unspecified atom stereocenters. The van der Waals surface area contributed by atoms with Crippen LogP contribution in [0.3, 0.4) is 0 Å². The van der Waals surface area contributed by atoms with Crippen molar-refractivity contribution in [1.82, 2.24) is 5.48 Å². The fourth-order valence-electron chi connectivity index (χ4n) is 0.278. The topological polar surface area (TPSA) is 44.3 Å². The van der Waals surface area contributed by atoms with E-state index in [-0.39, 0.29) is 0 Å². The van der Waals surface area contributed by atoms with Crippen LogP contribution in [0.1, 0.15) is 0 Å². The highest BCUT2D eigenvalue weighted by Crippen LogP contribution is 1.94. The van der Waals surface area contributed by atoms with Gasteiger partial charge in [0, 0.05) is 0 Å². The van der Waals surface area contributed by atoms with E-state index in [2.05, 4.69) is 10.3 Å². The third-order valence-electron chi connectivity index (χ3n) is 0.560. The van der Waals surface area contributed by atoms with Gasteiger partial charge in [-0.1, -0.05) is 0 Å². The van der Waals surface area contributed by atoms with E-state index in [1.807, 2.05) is 0 Å². The van der Waals surface area contributed by atoms with E-state index in [0.717, 1.165) is 0 Å². The van der Waals surface area contributed by atoms with Gasteiger partial charge < -0.3 is 9.39 Å². The van der Waals surface area contributed by atoms with E-state index in [1.54, 1.807) is 0 Å². The zero-order valence-electron chi connectivity index (χ0n) is 3.59. The molecule has 1 atom stereocenters. The second-order valence-corrected chi connectivity index (χ2v) is 2.38. The van der Waals surface area contributed by atoms with Crippen LogP contribution in [0.25, 0.3) is 0 Å². The molecule has 40 valence electrons. The highest BCUT2D eigenvalue weighted by Gasteiger charge is 2.03. The van der Waals surface area contributed by atoms with Gasteiger partial charge in [-0.15, -0.1) is 5.48 Å². The van der Waals surface area contributed by atoms with Crippen LogP contribution in [0.2, 0.25) is 0 Å². The van der Waals surface area contributed by atoms with Crippen LogP contribution in [0.15, 0.2) is 11.7 Å². The van der Waals surface area contributed by atoms with Crippen molar-refractivity contribution >= 4 is 11.2 Å². The summed E-state index contributed by atoms with van der Waals surface area (Å²) in [5.41, 5.74) is 2.45. The SMILES string of the molecule is [O-][S+]1C=CONC1. The summed E-state index contributed by atoms with van der Waals surface area (Å²) in [5, 5.41) is 1.50. The van der Waals surface area contributed by atoms with Gasteiger partial charge in [0.1, 0.15) is 0 Å². The minimum Gasteiger partial charge on any atom is -0.611 e. The molecule has 7 heavy (non-hydrogen) atoms. The van der Waals surface area contributed by atoms with Crippen LogP contribution in [-0.4, -0.2) is 10.4 Å². The Morgan fingerprint density at radius 2 is 2.71 bits per heavy atom. The quantitative estimate of drug-likeness (QED) is 0.445. The van der Waals surface area contributed by atoms with Crippen LogP contribution in [0.4, 0.5) is 0 Å². The third kappa shape index (κ3) is 1.38. The molecule has 1 heterocycles. The van der Waals surface area contributed by atoms with E-state index < -0.39 is 11.2 Å². The molecule has 0 aromatic carbocycles. The summed E-state index contributed by atoms with van der Waals surface area (Å²) in [4.78, 5) is 4.52. The first-order valence-corrected chi connectivity index (χ1v) is 3.20. The monoisotopic (exact) mass is 119 g/mol. The Morgan fingerprint density at radius 1 is 1.86 bits per heavy atom.